The van der Waals surface area contributed by atoms with Crippen molar-refractivity contribution >= 4 is 27.9 Å². The number of aromatic amines is 1. The number of thiophene rings is 1. The fourth-order valence-electron chi connectivity index (χ4n) is 2.09. The largest absolute Gasteiger partial charge is 0.330 e. The molecule has 3 heterocycles. The first-order valence-electron chi connectivity index (χ1n) is 7.48. The Balaban J connectivity index is 0.000000924. The molecule has 0 aliphatic carbocycles. The second kappa shape index (κ2) is 8.14. The second-order valence-electron chi connectivity index (χ2n) is 4.36. The van der Waals surface area contributed by atoms with E-state index in [4.69, 9.17) is 0 Å². The number of aliphatic imine (C=N–C) groups is 1. The van der Waals surface area contributed by atoms with Crippen LogP contribution in [0.4, 0.5) is 5.00 Å². The van der Waals surface area contributed by atoms with Crippen LogP contribution in [0.5, 0.6) is 0 Å². The van der Waals surface area contributed by atoms with E-state index in [0.29, 0.717) is 0 Å². The number of allylic oxidation sites excluding steroid dienone is 1. The van der Waals surface area contributed by atoms with Crippen LogP contribution in [0, 0.1) is 0 Å². The maximum Gasteiger partial charge on any atom is 0.154 e. The van der Waals surface area contributed by atoms with Crippen molar-refractivity contribution < 1.29 is 0 Å². The molecule has 2 N–H and O–H groups in total. The van der Waals surface area contributed by atoms with E-state index >= 15 is 0 Å². The molecule has 0 unspecified atom stereocenters. The lowest BCUT2D eigenvalue weighted by Crippen LogP contribution is -2.27. The third-order valence-electron chi connectivity index (χ3n) is 3.07. The SMILES string of the molecule is C=C1C(Nc2cccs2)=NC=CN1/C(=C\C)c1cn[nH]c1.CC. The molecule has 23 heavy (non-hydrogen) atoms. The molecular formula is C17H21N5S. The van der Waals surface area contributed by atoms with Gasteiger partial charge in [0.15, 0.2) is 5.84 Å². The Labute approximate surface area is 140 Å². The molecule has 2 aromatic heterocycles. The molecule has 0 bridgehead atoms. The van der Waals surface area contributed by atoms with Gasteiger partial charge in [-0.15, -0.1) is 11.3 Å². The predicted molar refractivity (Wildman–Crippen MR) is 99.1 cm³/mol. The van der Waals surface area contributed by atoms with Crippen molar-refractivity contribution in [3.05, 3.63) is 66.2 Å². The molecule has 0 spiro atoms. The van der Waals surface area contributed by atoms with Gasteiger partial charge in [-0.25, -0.2) is 4.99 Å². The molecule has 0 radical (unpaired) electrons. The monoisotopic (exact) mass is 327 g/mol. The van der Waals surface area contributed by atoms with E-state index in [1.54, 1.807) is 23.7 Å². The number of hydrogen-bond donors (Lipinski definition) is 2. The molecule has 0 fully saturated rings. The summed E-state index contributed by atoms with van der Waals surface area (Å²) in [5.41, 5.74) is 2.80. The normalized spacial score (nSPS) is 14.2. The van der Waals surface area contributed by atoms with Crippen molar-refractivity contribution in [2.45, 2.75) is 20.8 Å². The topological polar surface area (TPSA) is 56.3 Å². The van der Waals surface area contributed by atoms with Gasteiger partial charge in [-0.1, -0.05) is 26.5 Å². The molecule has 1 aliphatic heterocycles. The van der Waals surface area contributed by atoms with Crippen molar-refractivity contribution in [1.29, 1.82) is 0 Å². The molecule has 6 heteroatoms. The van der Waals surface area contributed by atoms with Crippen LogP contribution in [0.3, 0.4) is 0 Å². The standard InChI is InChI=1S/C15H15N5S.C2H6/c1-3-13(12-9-17-18-10-12)20-7-6-16-15(11(20)2)19-14-5-4-8-21-14;1-2/h3-10H,2H2,1H3,(H,16,19)(H,17,18);1-2H3/b13-3-;. The Morgan fingerprint density at radius 1 is 1.43 bits per heavy atom. The summed E-state index contributed by atoms with van der Waals surface area (Å²) in [5, 5.41) is 13.2. The average Bonchev–Trinajstić information content (AvgIpc) is 3.27. The van der Waals surface area contributed by atoms with Gasteiger partial charge in [0.1, 0.15) is 0 Å². The van der Waals surface area contributed by atoms with E-state index < -0.39 is 0 Å². The maximum atomic E-state index is 4.37. The number of rotatable bonds is 3. The average molecular weight is 327 g/mol. The fraction of sp³-hybridized carbons (Fsp3) is 0.176. The molecule has 1 aliphatic rings. The molecule has 0 saturated carbocycles. The summed E-state index contributed by atoms with van der Waals surface area (Å²) in [7, 11) is 0. The van der Waals surface area contributed by atoms with E-state index in [2.05, 4.69) is 27.1 Å². The quantitative estimate of drug-likeness (QED) is 0.861. The summed E-state index contributed by atoms with van der Waals surface area (Å²) >= 11 is 1.63. The van der Waals surface area contributed by atoms with Crippen LogP contribution in [-0.4, -0.2) is 20.9 Å². The zero-order valence-electron chi connectivity index (χ0n) is 13.6. The molecule has 120 valence electrons. The number of nitrogens with zero attached hydrogens (tertiary/aromatic N) is 3. The van der Waals surface area contributed by atoms with Gasteiger partial charge in [0.2, 0.25) is 0 Å². The lowest BCUT2D eigenvalue weighted by molar-refractivity contribution is 0.683. The summed E-state index contributed by atoms with van der Waals surface area (Å²) in [5.74, 6) is 0.739. The summed E-state index contributed by atoms with van der Waals surface area (Å²) in [6.45, 7) is 10.1. The molecule has 3 rings (SSSR count). The number of hydrogen-bond acceptors (Lipinski definition) is 5. The van der Waals surface area contributed by atoms with Crippen LogP contribution >= 0.6 is 11.3 Å². The molecule has 0 saturated heterocycles. The van der Waals surface area contributed by atoms with Crippen molar-refractivity contribution in [1.82, 2.24) is 15.1 Å². The van der Waals surface area contributed by atoms with Gasteiger partial charge in [-0.3, -0.25) is 5.10 Å². The maximum absolute atomic E-state index is 4.37. The van der Waals surface area contributed by atoms with Gasteiger partial charge >= 0.3 is 0 Å². The first-order valence-corrected chi connectivity index (χ1v) is 8.36. The van der Waals surface area contributed by atoms with E-state index in [1.807, 2.05) is 61.7 Å². The molecule has 2 aromatic rings. The van der Waals surface area contributed by atoms with Crippen molar-refractivity contribution in [2.75, 3.05) is 5.32 Å². The van der Waals surface area contributed by atoms with Crippen LogP contribution < -0.4 is 5.32 Å². The summed E-state index contributed by atoms with van der Waals surface area (Å²) in [4.78, 5) is 6.37. The number of nitrogens with one attached hydrogen (secondary N) is 2. The van der Waals surface area contributed by atoms with Crippen LogP contribution in [0.25, 0.3) is 5.70 Å². The zero-order chi connectivity index (χ0) is 16.7. The van der Waals surface area contributed by atoms with Crippen molar-refractivity contribution in [3.63, 3.8) is 0 Å². The minimum absolute atomic E-state index is 0.739. The molecule has 0 amide bonds. The number of H-pyrrole nitrogens is 1. The minimum Gasteiger partial charge on any atom is -0.330 e. The summed E-state index contributed by atoms with van der Waals surface area (Å²) in [6, 6.07) is 4.01. The van der Waals surface area contributed by atoms with E-state index in [-0.39, 0.29) is 0 Å². The summed E-state index contributed by atoms with van der Waals surface area (Å²) < 4.78 is 0. The Bertz CT molecular complexity index is 708. The highest BCUT2D eigenvalue weighted by Gasteiger charge is 2.19. The van der Waals surface area contributed by atoms with Crippen molar-refractivity contribution in [2.24, 2.45) is 4.99 Å². The highest BCUT2D eigenvalue weighted by Crippen LogP contribution is 2.26. The lowest BCUT2D eigenvalue weighted by atomic mass is 10.2. The van der Waals surface area contributed by atoms with Gasteiger partial charge in [0.25, 0.3) is 0 Å². The van der Waals surface area contributed by atoms with Crippen LogP contribution in [0.15, 0.2) is 65.7 Å². The Morgan fingerprint density at radius 2 is 2.26 bits per heavy atom. The Kier molecular flexibility index (Phi) is 5.94. The van der Waals surface area contributed by atoms with Gasteiger partial charge in [0.05, 0.1) is 22.6 Å². The van der Waals surface area contributed by atoms with Crippen molar-refractivity contribution in [3.8, 4) is 0 Å². The van der Waals surface area contributed by atoms with E-state index in [9.17, 15) is 0 Å². The smallest absolute Gasteiger partial charge is 0.154 e. The number of aromatic nitrogens is 2. The second-order valence-corrected chi connectivity index (χ2v) is 5.30. The Hall–Kier alpha value is -2.60. The zero-order valence-corrected chi connectivity index (χ0v) is 14.4. The first kappa shape index (κ1) is 16.8. The predicted octanol–water partition coefficient (Wildman–Crippen LogP) is 4.67. The summed E-state index contributed by atoms with van der Waals surface area (Å²) in [6.07, 6.45) is 9.32. The molecule has 0 atom stereocenters. The van der Waals surface area contributed by atoms with Gasteiger partial charge in [-0.2, -0.15) is 5.10 Å². The molecule has 0 aromatic carbocycles. The molecular weight excluding hydrogens is 306 g/mol. The minimum atomic E-state index is 0.739. The van der Waals surface area contributed by atoms with E-state index in [0.717, 1.165) is 27.8 Å². The highest BCUT2D eigenvalue weighted by atomic mass is 32.1. The Morgan fingerprint density at radius 3 is 2.87 bits per heavy atom. The van der Waals surface area contributed by atoms with Gasteiger partial charge < -0.3 is 10.2 Å². The fourth-order valence-corrected chi connectivity index (χ4v) is 2.70. The van der Waals surface area contributed by atoms with Crippen LogP contribution in [0.2, 0.25) is 0 Å². The molecule has 5 nitrogen and oxygen atoms in total. The lowest BCUT2D eigenvalue weighted by Gasteiger charge is -2.28. The van der Waals surface area contributed by atoms with Gasteiger partial charge in [-0.05, 0) is 24.4 Å². The van der Waals surface area contributed by atoms with Crippen LogP contribution in [-0.2, 0) is 0 Å². The number of anilines is 1. The third kappa shape index (κ3) is 3.78. The van der Waals surface area contributed by atoms with Crippen LogP contribution in [0.1, 0.15) is 26.3 Å². The number of amidine groups is 1. The highest BCUT2D eigenvalue weighted by molar-refractivity contribution is 7.14. The third-order valence-corrected chi connectivity index (χ3v) is 3.86. The van der Waals surface area contributed by atoms with E-state index in [1.165, 1.54) is 0 Å². The van der Waals surface area contributed by atoms with Gasteiger partial charge in [0, 0.05) is 24.2 Å². The first-order chi connectivity index (χ1) is 11.3.